The summed E-state index contributed by atoms with van der Waals surface area (Å²) in [6.07, 6.45) is 0.211. The van der Waals surface area contributed by atoms with E-state index in [9.17, 15) is 0 Å². The topological polar surface area (TPSA) is 36.1 Å². The second-order valence-corrected chi connectivity index (χ2v) is 4.54. The Balaban J connectivity index is 1.90. The molecule has 78 valence electrons. The molecule has 0 amide bonds. The molecule has 0 saturated carbocycles. The third kappa shape index (κ3) is 1.71. The average molecular weight is 219 g/mol. The summed E-state index contributed by atoms with van der Waals surface area (Å²) in [4.78, 5) is 0. The minimum Gasteiger partial charge on any atom is -0.356 e. The summed E-state index contributed by atoms with van der Waals surface area (Å²) in [5.41, 5.74) is 1.21. The van der Waals surface area contributed by atoms with Gasteiger partial charge in [0, 0.05) is 28.6 Å². The third-order valence-corrected chi connectivity index (χ3v) is 3.57. The van der Waals surface area contributed by atoms with Gasteiger partial charge in [0.1, 0.15) is 6.29 Å². The van der Waals surface area contributed by atoms with Gasteiger partial charge in [-0.2, -0.15) is 0 Å². The van der Waals surface area contributed by atoms with Crippen LogP contribution in [-0.2, 0) is 0 Å². The molecule has 1 saturated heterocycles. The average Bonchev–Trinajstić information content (AvgIpc) is 2.89. The molecule has 0 radical (unpaired) electrons. The maximum Gasteiger partial charge on any atom is 0.132 e. The van der Waals surface area contributed by atoms with Gasteiger partial charge in [-0.15, -0.1) is 11.3 Å². The quantitative estimate of drug-likeness (QED) is 0.720. The van der Waals surface area contributed by atoms with Crippen LogP contribution in [0.1, 0.15) is 0 Å². The van der Waals surface area contributed by atoms with Gasteiger partial charge in [0.2, 0.25) is 0 Å². The summed E-state index contributed by atoms with van der Waals surface area (Å²) in [6.45, 7) is 2.06. The first kappa shape index (κ1) is 9.15. The van der Waals surface area contributed by atoms with Crippen LogP contribution in [0.4, 0.5) is 5.69 Å². The molecule has 4 heteroatoms. The Labute approximate surface area is 92.5 Å². The summed E-state index contributed by atoms with van der Waals surface area (Å²) >= 11 is 1.78. The minimum absolute atomic E-state index is 0.211. The number of hydrogen-bond donors (Lipinski definition) is 3. The summed E-state index contributed by atoms with van der Waals surface area (Å²) < 4.78 is 1.33. The van der Waals surface area contributed by atoms with Crippen LogP contribution in [0, 0.1) is 0 Å². The molecule has 15 heavy (non-hydrogen) atoms. The van der Waals surface area contributed by atoms with Gasteiger partial charge >= 0.3 is 0 Å². The molecule has 0 spiro atoms. The summed E-state index contributed by atoms with van der Waals surface area (Å²) in [5, 5.41) is 13.6. The van der Waals surface area contributed by atoms with Crippen molar-refractivity contribution in [3.8, 4) is 0 Å². The molecule has 3 rings (SSSR count). The van der Waals surface area contributed by atoms with Crippen LogP contribution in [0.2, 0.25) is 0 Å². The zero-order valence-electron chi connectivity index (χ0n) is 8.29. The normalized spacial score (nSPS) is 17.3. The lowest BCUT2D eigenvalue weighted by atomic mass is 10.2. The van der Waals surface area contributed by atoms with Crippen LogP contribution in [0.3, 0.4) is 0 Å². The van der Waals surface area contributed by atoms with E-state index in [0.29, 0.717) is 0 Å². The Morgan fingerprint density at radius 2 is 2.00 bits per heavy atom. The van der Waals surface area contributed by atoms with Gasteiger partial charge < -0.3 is 5.32 Å². The van der Waals surface area contributed by atoms with Crippen molar-refractivity contribution in [1.82, 2.24) is 10.6 Å². The molecule has 3 N–H and O–H groups in total. The van der Waals surface area contributed by atoms with E-state index in [1.54, 1.807) is 11.3 Å². The van der Waals surface area contributed by atoms with Gasteiger partial charge in [-0.05, 0) is 6.07 Å². The molecule has 0 aliphatic carbocycles. The lowest BCUT2D eigenvalue weighted by Crippen LogP contribution is -2.38. The molecule has 3 nitrogen and oxygen atoms in total. The highest BCUT2D eigenvalue weighted by molar-refractivity contribution is 7.17. The molecule has 1 aliphatic heterocycles. The number of fused-ring (bicyclic) bond motifs is 1. The van der Waals surface area contributed by atoms with E-state index in [4.69, 9.17) is 0 Å². The van der Waals surface area contributed by atoms with E-state index in [2.05, 4.69) is 45.6 Å². The lowest BCUT2D eigenvalue weighted by molar-refractivity contribution is 0.621. The Hall–Kier alpha value is -1.10. The second kappa shape index (κ2) is 3.81. The number of hydrogen-bond acceptors (Lipinski definition) is 4. The van der Waals surface area contributed by atoms with Crippen molar-refractivity contribution in [3.63, 3.8) is 0 Å². The SMILES string of the molecule is c1ccc2c(NC3NCCN3)csc2c1. The van der Waals surface area contributed by atoms with Gasteiger partial charge in [-0.3, -0.25) is 10.6 Å². The molecular weight excluding hydrogens is 206 g/mol. The predicted molar refractivity (Wildman–Crippen MR) is 65.2 cm³/mol. The Kier molecular flexibility index (Phi) is 2.32. The molecule has 1 fully saturated rings. The van der Waals surface area contributed by atoms with E-state index < -0.39 is 0 Å². The number of thiophene rings is 1. The minimum atomic E-state index is 0.211. The third-order valence-electron chi connectivity index (χ3n) is 2.60. The molecule has 0 atom stereocenters. The number of anilines is 1. The first-order chi connectivity index (χ1) is 7.43. The van der Waals surface area contributed by atoms with Crippen LogP contribution in [0.5, 0.6) is 0 Å². The highest BCUT2D eigenvalue weighted by atomic mass is 32.1. The van der Waals surface area contributed by atoms with Crippen LogP contribution in [0.15, 0.2) is 29.6 Å². The smallest absolute Gasteiger partial charge is 0.132 e. The standard InChI is InChI=1S/C11H13N3S/c1-2-4-10-8(3-1)9(7-15-10)14-11-12-5-6-13-11/h1-4,7,11-14H,5-6H2. The number of benzene rings is 1. The molecule has 2 heterocycles. The van der Waals surface area contributed by atoms with Crippen molar-refractivity contribution >= 4 is 27.1 Å². The molecule has 2 aromatic rings. The van der Waals surface area contributed by atoms with E-state index in [-0.39, 0.29) is 6.29 Å². The predicted octanol–water partition coefficient (Wildman–Crippen LogP) is 1.79. The fourth-order valence-corrected chi connectivity index (χ4v) is 2.75. The fourth-order valence-electron chi connectivity index (χ4n) is 1.85. The first-order valence-electron chi connectivity index (χ1n) is 5.13. The van der Waals surface area contributed by atoms with Gasteiger partial charge in [0.25, 0.3) is 0 Å². The van der Waals surface area contributed by atoms with Gasteiger partial charge in [-0.1, -0.05) is 18.2 Å². The zero-order valence-corrected chi connectivity index (χ0v) is 9.10. The maximum atomic E-state index is 3.45. The van der Waals surface area contributed by atoms with E-state index >= 15 is 0 Å². The first-order valence-corrected chi connectivity index (χ1v) is 6.01. The summed E-state index contributed by atoms with van der Waals surface area (Å²) in [5.74, 6) is 0. The molecule has 1 aromatic heterocycles. The molecule has 0 unspecified atom stereocenters. The van der Waals surface area contributed by atoms with Crippen LogP contribution >= 0.6 is 11.3 Å². The monoisotopic (exact) mass is 219 g/mol. The summed E-state index contributed by atoms with van der Waals surface area (Å²) in [6, 6.07) is 8.47. The van der Waals surface area contributed by atoms with Crippen molar-refractivity contribution in [3.05, 3.63) is 29.6 Å². The highest BCUT2D eigenvalue weighted by Crippen LogP contribution is 2.29. The van der Waals surface area contributed by atoms with Gasteiger partial charge in [-0.25, -0.2) is 0 Å². The number of nitrogens with one attached hydrogen (secondary N) is 3. The van der Waals surface area contributed by atoms with Crippen molar-refractivity contribution in [2.75, 3.05) is 18.4 Å². The maximum absolute atomic E-state index is 3.45. The molecular formula is C11H13N3S. The molecule has 1 aromatic carbocycles. The second-order valence-electron chi connectivity index (χ2n) is 3.63. The van der Waals surface area contributed by atoms with Crippen LogP contribution in [-0.4, -0.2) is 19.4 Å². The molecule has 0 bridgehead atoms. The van der Waals surface area contributed by atoms with Crippen molar-refractivity contribution in [1.29, 1.82) is 0 Å². The Morgan fingerprint density at radius 1 is 1.20 bits per heavy atom. The van der Waals surface area contributed by atoms with Gasteiger partial charge in [0.05, 0.1) is 5.69 Å². The van der Waals surface area contributed by atoms with Crippen molar-refractivity contribution in [2.24, 2.45) is 0 Å². The molecule has 1 aliphatic rings. The Bertz CT molecular complexity index is 460. The van der Waals surface area contributed by atoms with E-state index in [1.807, 2.05) is 0 Å². The zero-order chi connectivity index (χ0) is 10.1. The lowest BCUT2D eigenvalue weighted by Gasteiger charge is -2.13. The highest BCUT2D eigenvalue weighted by Gasteiger charge is 2.13. The summed E-state index contributed by atoms with van der Waals surface area (Å²) in [7, 11) is 0. The van der Waals surface area contributed by atoms with Crippen LogP contribution < -0.4 is 16.0 Å². The van der Waals surface area contributed by atoms with Crippen molar-refractivity contribution in [2.45, 2.75) is 6.29 Å². The van der Waals surface area contributed by atoms with E-state index in [1.165, 1.54) is 15.8 Å². The van der Waals surface area contributed by atoms with Crippen LogP contribution in [0.25, 0.3) is 10.1 Å². The fraction of sp³-hybridized carbons (Fsp3) is 0.273. The van der Waals surface area contributed by atoms with E-state index in [0.717, 1.165) is 13.1 Å². The number of rotatable bonds is 2. The van der Waals surface area contributed by atoms with Gasteiger partial charge in [0.15, 0.2) is 0 Å². The largest absolute Gasteiger partial charge is 0.356 e. The van der Waals surface area contributed by atoms with Crippen molar-refractivity contribution < 1.29 is 0 Å². The Morgan fingerprint density at radius 3 is 2.87 bits per heavy atom.